The maximum absolute atomic E-state index is 12.6. The normalized spacial score (nSPS) is 16.9. The lowest BCUT2D eigenvalue weighted by molar-refractivity contribution is -0.122. The van der Waals surface area contributed by atoms with Gasteiger partial charge < -0.3 is 10.2 Å². The summed E-state index contributed by atoms with van der Waals surface area (Å²) in [5.41, 5.74) is 2.33. The molecular weight excluding hydrogens is 402 g/mol. The van der Waals surface area contributed by atoms with Gasteiger partial charge in [-0.2, -0.15) is 4.31 Å². The van der Waals surface area contributed by atoms with Gasteiger partial charge in [0.1, 0.15) is 0 Å². The molecule has 0 spiro atoms. The van der Waals surface area contributed by atoms with Crippen LogP contribution in [0.2, 0.25) is 0 Å². The SMILES string of the molecule is CCN(CC)S(=O)(=O)c1ccc(N2CC(C(=O)Nc3cccc(C)c3)CC2=O)cc1. The number of carbonyl (C=O) groups excluding carboxylic acids is 2. The van der Waals surface area contributed by atoms with Crippen molar-refractivity contribution in [3.8, 4) is 0 Å². The molecule has 1 fully saturated rings. The lowest BCUT2D eigenvalue weighted by atomic mass is 10.1. The Morgan fingerprint density at radius 1 is 1.13 bits per heavy atom. The van der Waals surface area contributed by atoms with Crippen molar-refractivity contribution >= 4 is 33.2 Å². The summed E-state index contributed by atoms with van der Waals surface area (Å²) >= 11 is 0. The van der Waals surface area contributed by atoms with Crippen molar-refractivity contribution in [1.29, 1.82) is 0 Å². The minimum atomic E-state index is -3.55. The summed E-state index contributed by atoms with van der Waals surface area (Å²) in [6.45, 7) is 6.57. The van der Waals surface area contributed by atoms with Crippen molar-refractivity contribution in [1.82, 2.24) is 4.31 Å². The van der Waals surface area contributed by atoms with Crippen LogP contribution in [0.15, 0.2) is 53.4 Å². The van der Waals surface area contributed by atoms with Crippen LogP contribution in [0, 0.1) is 12.8 Å². The highest BCUT2D eigenvalue weighted by atomic mass is 32.2. The highest BCUT2D eigenvalue weighted by molar-refractivity contribution is 7.89. The van der Waals surface area contributed by atoms with Crippen LogP contribution in [0.25, 0.3) is 0 Å². The van der Waals surface area contributed by atoms with Crippen LogP contribution in [0.1, 0.15) is 25.8 Å². The Kier molecular flexibility index (Phi) is 6.58. The molecule has 160 valence electrons. The fourth-order valence-corrected chi connectivity index (χ4v) is 5.07. The predicted octanol–water partition coefficient (Wildman–Crippen LogP) is 3.02. The van der Waals surface area contributed by atoms with Gasteiger partial charge in [0, 0.05) is 37.4 Å². The van der Waals surface area contributed by atoms with E-state index in [-0.39, 0.29) is 29.7 Å². The maximum atomic E-state index is 12.6. The van der Waals surface area contributed by atoms with Crippen molar-refractivity contribution in [3.63, 3.8) is 0 Å². The van der Waals surface area contributed by atoms with Gasteiger partial charge in [-0.25, -0.2) is 8.42 Å². The molecule has 2 aromatic rings. The number of hydrogen-bond donors (Lipinski definition) is 1. The number of nitrogens with zero attached hydrogens (tertiary/aromatic N) is 2. The van der Waals surface area contributed by atoms with E-state index in [0.29, 0.717) is 24.5 Å². The molecule has 1 unspecified atom stereocenters. The van der Waals surface area contributed by atoms with E-state index in [2.05, 4.69) is 5.32 Å². The molecule has 1 heterocycles. The number of benzene rings is 2. The fourth-order valence-electron chi connectivity index (χ4n) is 3.61. The quantitative estimate of drug-likeness (QED) is 0.733. The van der Waals surface area contributed by atoms with Gasteiger partial charge in [-0.15, -0.1) is 0 Å². The van der Waals surface area contributed by atoms with Crippen molar-refractivity contribution in [2.24, 2.45) is 5.92 Å². The number of anilines is 2. The van der Waals surface area contributed by atoms with E-state index in [4.69, 9.17) is 0 Å². The van der Waals surface area contributed by atoms with Crippen molar-refractivity contribution < 1.29 is 18.0 Å². The Hall–Kier alpha value is -2.71. The number of rotatable bonds is 7. The molecule has 1 aliphatic rings. The first-order valence-corrected chi connectivity index (χ1v) is 11.5. The molecular formula is C22H27N3O4S. The smallest absolute Gasteiger partial charge is 0.243 e. The van der Waals surface area contributed by atoms with Gasteiger partial charge in [0.15, 0.2) is 0 Å². The third kappa shape index (κ3) is 4.55. The molecule has 7 nitrogen and oxygen atoms in total. The highest BCUT2D eigenvalue weighted by Gasteiger charge is 2.35. The van der Waals surface area contributed by atoms with Crippen LogP contribution in [-0.4, -0.2) is 44.2 Å². The number of amides is 2. The second kappa shape index (κ2) is 8.97. The van der Waals surface area contributed by atoms with E-state index >= 15 is 0 Å². The highest BCUT2D eigenvalue weighted by Crippen LogP contribution is 2.28. The summed E-state index contributed by atoms with van der Waals surface area (Å²) in [4.78, 5) is 26.8. The van der Waals surface area contributed by atoms with E-state index in [1.54, 1.807) is 26.0 Å². The van der Waals surface area contributed by atoms with Crippen molar-refractivity contribution in [2.45, 2.75) is 32.1 Å². The van der Waals surface area contributed by atoms with Gasteiger partial charge in [0.25, 0.3) is 0 Å². The minimum Gasteiger partial charge on any atom is -0.326 e. The predicted molar refractivity (Wildman–Crippen MR) is 117 cm³/mol. The minimum absolute atomic E-state index is 0.122. The van der Waals surface area contributed by atoms with Crippen molar-refractivity contribution in [3.05, 3.63) is 54.1 Å². The van der Waals surface area contributed by atoms with Gasteiger partial charge >= 0.3 is 0 Å². The number of hydrogen-bond acceptors (Lipinski definition) is 4. The molecule has 2 aromatic carbocycles. The largest absolute Gasteiger partial charge is 0.326 e. The Labute approximate surface area is 177 Å². The topological polar surface area (TPSA) is 86.8 Å². The Balaban J connectivity index is 1.71. The molecule has 1 aliphatic heterocycles. The van der Waals surface area contributed by atoms with Crippen LogP contribution in [0.5, 0.6) is 0 Å². The second-order valence-corrected chi connectivity index (χ2v) is 9.29. The molecule has 1 atom stereocenters. The van der Waals surface area contributed by atoms with Crippen LogP contribution < -0.4 is 10.2 Å². The molecule has 0 saturated carbocycles. The van der Waals surface area contributed by atoms with Gasteiger partial charge in [0.05, 0.1) is 10.8 Å². The standard InChI is InChI=1S/C22H27N3O4S/c1-4-24(5-2)30(28,29)20-11-9-19(10-12-20)25-15-17(14-21(25)26)22(27)23-18-8-6-7-16(3)13-18/h6-13,17H,4-5,14-15H2,1-3H3,(H,23,27). The average molecular weight is 430 g/mol. The summed E-state index contributed by atoms with van der Waals surface area (Å²) in [6, 6.07) is 13.8. The molecule has 0 bridgehead atoms. The molecule has 3 rings (SSSR count). The zero-order chi connectivity index (χ0) is 21.9. The third-order valence-electron chi connectivity index (χ3n) is 5.27. The number of nitrogens with one attached hydrogen (secondary N) is 1. The van der Waals surface area contributed by atoms with Gasteiger partial charge in [-0.3, -0.25) is 9.59 Å². The lowest BCUT2D eigenvalue weighted by Crippen LogP contribution is -2.31. The maximum Gasteiger partial charge on any atom is 0.243 e. The monoisotopic (exact) mass is 429 g/mol. The van der Waals surface area contributed by atoms with Gasteiger partial charge in [0.2, 0.25) is 21.8 Å². The Morgan fingerprint density at radius 3 is 2.40 bits per heavy atom. The molecule has 0 radical (unpaired) electrons. The van der Waals surface area contributed by atoms with E-state index in [0.717, 1.165) is 5.56 Å². The molecule has 30 heavy (non-hydrogen) atoms. The molecule has 1 N–H and O–H groups in total. The first kappa shape index (κ1) is 22.0. The molecule has 1 saturated heterocycles. The van der Waals surface area contributed by atoms with Crippen LogP contribution >= 0.6 is 0 Å². The first-order valence-electron chi connectivity index (χ1n) is 10.0. The first-order chi connectivity index (χ1) is 14.3. The second-order valence-electron chi connectivity index (χ2n) is 7.35. The van der Waals surface area contributed by atoms with E-state index in [9.17, 15) is 18.0 Å². The summed E-state index contributed by atoms with van der Waals surface area (Å²) in [5, 5.41) is 2.87. The average Bonchev–Trinajstić information content (AvgIpc) is 3.11. The lowest BCUT2D eigenvalue weighted by Gasteiger charge is -2.20. The molecule has 2 amide bonds. The zero-order valence-electron chi connectivity index (χ0n) is 17.5. The van der Waals surface area contributed by atoms with Gasteiger partial charge in [-0.05, 0) is 48.9 Å². The summed E-state index contributed by atoms with van der Waals surface area (Å²) in [7, 11) is -3.55. The Bertz CT molecular complexity index is 1030. The summed E-state index contributed by atoms with van der Waals surface area (Å²) in [5.74, 6) is -0.812. The number of carbonyl (C=O) groups is 2. The zero-order valence-corrected chi connectivity index (χ0v) is 18.3. The van der Waals surface area contributed by atoms with Crippen molar-refractivity contribution in [2.75, 3.05) is 29.9 Å². The molecule has 0 aromatic heterocycles. The molecule has 0 aliphatic carbocycles. The number of aryl methyl sites for hydroxylation is 1. The Morgan fingerprint density at radius 2 is 1.80 bits per heavy atom. The fraction of sp³-hybridized carbons (Fsp3) is 0.364. The summed E-state index contributed by atoms with van der Waals surface area (Å²) < 4.78 is 26.6. The van der Waals surface area contributed by atoms with Crippen LogP contribution in [-0.2, 0) is 19.6 Å². The number of sulfonamides is 1. The van der Waals surface area contributed by atoms with Crippen LogP contribution in [0.4, 0.5) is 11.4 Å². The third-order valence-corrected chi connectivity index (χ3v) is 7.34. The van der Waals surface area contributed by atoms with Gasteiger partial charge in [-0.1, -0.05) is 26.0 Å². The summed E-state index contributed by atoms with van der Waals surface area (Å²) in [6.07, 6.45) is 0.122. The van der Waals surface area contributed by atoms with E-state index < -0.39 is 15.9 Å². The van der Waals surface area contributed by atoms with Crippen LogP contribution in [0.3, 0.4) is 0 Å². The molecule has 8 heteroatoms. The van der Waals surface area contributed by atoms with E-state index in [1.807, 2.05) is 31.2 Å². The van der Waals surface area contributed by atoms with E-state index in [1.165, 1.54) is 21.3 Å².